The normalized spacial score (nSPS) is 11.3. The van der Waals surface area contributed by atoms with Crippen molar-refractivity contribution in [1.82, 2.24) is 23.9 Å². The summed E-state index contributed by atoms with van der Waals surface area (Å²) in [7, 11) is 0. The molecule has 5 nitrogen and oxygen atoms in total. The Labute approximate surface area is 148 Å². The summed E-state index contributed by atoms with van der Waals surface area (Å²) in [6.45, 7) is 4.00. The molecule has 0 spiro atoms. The largest absolute Gasteiger partial charge is 0.295 e. The second kappa shape index (κ2) is 6.33. The number of halogens is 1. The van der Waals surface area contributed by atoms with Gasteiger partial charge in [-0.2, -0.15) is 0 Å². The Morgan fingerprint density at radius 3 is 2.88 bits per heavy atom. The molecule has 4 rings (SSSR count). The second-order valence-corrected chi connectivity index (χ2v) is 6.73. The van der Waals surface area contributed by atoms with E-state index in [1.807, 2.05) is 47.3 Å². The first-order valence-corrected chi connectivity index (χ1v) is 8.83. The summed E-state index contributed by atoms with van der Waals surface area (Å²) >= 11 is 1.56. The number of fused-ring (bicyclic) bond motifs is 1. The Hall–Kier alpha value is -2.67. The van der Waals surface area contributed by atoms with Gasteiger partial charge in [-0.1, -0.05) is 17.8 Å². The van der Waals surface area contributed by atoms with Gasteiger partial charge in [-0.05, 0) is 38.1 Å². The number of rotatable bonds is 4. The molecular formula is C18H16FN5S. The molecule has 0 radical (unpaired) electrons. The minimum Gasteiger partial charge on any atom is -0.295 e. The molecule has 3 heterocycles. The minimum atomic E-state index is -0.264. The van der Waals surface area contributed by atoms with Gasteiger partial charge in [0.15, 0.2) is 5.16 Å². The molecule has 0 fully saturated rings. The quantitative estimate of drug-likeness (QED) is 0.521. The number of aryl methyl sites for hydroxylation is 2. The van der Waals surface area contributed by atoms with E-state index in [1.165, 1.54) is 12.1 Å². The van der Waals surface area contributed by atoms with Crippen LogP contribution in [0.5, 0.6) is 0 Å². The third-order valence-electron chi connectivity index (χ3n) is 3.85. The highest BCUT2D eigenvalue weighted by molar-refractivity contribution is 7.98. The standard InChI is InChI=1S/C18H16FN5S/c1-12-8-13(2)24-10-15(22-17(24)21-12)11-25-18-20-6-7-23(18)16-5-3-4-14(19)9-16/h3-10H,11H2,1-2H3. The Morgan fingerprint density at radius 2 is 2.04 bits per heavy atom. The maximum Gasteiger partial charge on any atom is 0.234 e. The van der Waals surface area contributed by atoms with Crippen LogP contribution in [0, 0.1) is 19.7 Å². The van der Waals surface area contributed by atoms with Gasteiger partial charge in [-0.25, -0.2) is 19.3 Å². The van der Waals surface area contributed by atoms with Gasteiger partial charge >= 0.3 is 0 Å². The molecule has 0 aliphatic heterocycles. The van der Waals surface area contributed by atoms with Gasteiger partial charge in [-0.15, -0.1) is 0 Å². The molecule has 3 aromatic heterocycles. The van der Waals surface area contributed by atoms with E-state index < -0.39 is 0 Å². The van der Waals surface area contributed by atoms with Gasteiger partial charge in [0.25, 0.3) is 0 Å². The molecule has 25 heavy (non-hydrogen) atoms. The average molecular weight is 353 g/mol. The molecule has 0 N–H and O–H groups in total. The van der Waals surface area contributed by atoms with E-state index >= 15 is 0 Å². The summed E-state index contributed by atoms with van der Waals surface area (Å²) in [5.41, 5.74) is 3.74. The Kier molecular flexibility index (Phi) is 4.01. The number of nitrogens with zero attached hydrogens (tertiary/aromatic N) is 5. The number of hydrogen-bond donors (Lipinski definition) is 0. The second-order valence-electron chi connectivity index (χ2n) is 5.79. The lowest BCUT2D eigenvalue weighted by atomic mass is 10.3. The lowest BCUT2D eigenvalue weighted by Gasteiger charge is -2.06. The fraction of sp³-hybridized carbons (Fsp3) is 0.167. The zero-order chi connectivity index (χ0) is 17.4. The molecule has 1 aromatic carbocycles. The van der Waals surface area contributed by atoms with E-state index in [0.717, 1.165) is 27.9 Å². The molecule has 0 saturated heterocycles. The van der Waals surface area contributed by atoms with Crippen molar-refractivity contribution in [2.75, 3.05) is 0 Å². The molecule has 0 unspecified atom stereocenters. The van der Waals surface area contributed by atoms with E-state index in [1.54, 1.807) is 24.0 Å². The van der Waals surface area contributed by atoms with Crippen LogP contribution in [0.2, 0.25) is 0 Å². The van der Waals surface area contributed by atoms with Crippen molar-refractivity contribution in [3.05, 3.63) is 71.8 Å². The van der Waals surface area contributed by atoms with Gasteiger partial charge < -0.3 is 0 Å². The van der Waals surface area contributed by atoms with Crippen LogP contribution in [0.3, 0.4) is 0 Å². The molecule has 0 aliphatic rings. The molecule has 0 atom stereocenters. The Morgan fingerprint density at radius 1 is 1.16 bits per heavy atom. The maximum absolute atomic E-state index is 13.5. The fourth-order valence-corrected chi connectivity index (χ4v) is 3.60. The smallest absolute Gasteiger partial charge is 0.234 e. The van der Waals surface area contributed by atoms with E-state index in [4.69, 9.17) is 0 Å². The summed E-state index contributed by atoms with van der Waals surface area (Å²) in [5.74, 6) is 1.11. The zero-order valence-corrected chi connectivity index (χ0v) is 14.7. The monoisotopic (exact) mass is 353 g/mol. The van der Waals surface area contributed by atoms with Crippen LogP contribution in [0.15, 0.2) is 54.1 Å². The summed E-state index contributed by atoms with van der Waals surface area (Å²) in [6.07, 6.45) is 5.54. The molecule has 7 heteroatoms. The van der Waals surface area contributed by atoms with Crippen LogP contribution in [0.1, 0.15) is 17.1 Å². The van der Waals surface area contributed by atoms with Crippen molar-refractivity contribution in [3.8, 4) is 5.69 Å². The summed E-state index contributed by atoms with van der Waals surface area (Å²) < 4.78 is 17.3. The van der Waals surface area contributed by atoms with Crippen molar-refractivity contribution in [1.29, 1.82) is 0 Å². The number of benzene rings is 1. The number of thioether (sulfide) groups is 1. The third-order valence-corrected chi connectivity index (χ3v) is 4.85. The molecular weight excluding hydrogens is 337 g/mol. The number of imidazole rings is 2. The molecule has 0 aliphatic carbocycles. The predicted molar refractivity (Wildman–Crippen MR) is 95.5 cm³/mol. The molecule has 0 saturated carbocycles. The molecule has 126 valence electrons. The Bertz CT molecular complexity index is 1050. The van der Waals surface area contributed by atoms with Crippen molar-refractivity contribution in [2.45, 2.75) is 24.8 Å². The van der Waals surface area contributed by atoms with Gasteiger partial charge in [0.05, 0.1) is 11.4 Å². The lowest BCUT2D eigenvalue weighted by Crippen LogP contribution is -1.96. The van der Waals surface area contributed by atoms with E-state index in [0.29, 0.717) is 11.5 Å². The first-order valence-electron chi connectivity index (χ1n) is 7.84. The Balaban J connectivity index is 1.58. The van der Waals surface area contributed by atoms with E-state index in [-0.39, 0.29) is 5.82 Å². The zero-order valence-electron chi connectivity index (χ0n) is 13.8. The summed E-state index contributed by atoms with van der Waals surface area (Å²) in [5, 5.41) is 0.795. The number of hydrogen-bond acceptors (Lipinski definition) is 4. The molecule has 0 bridgehead atoms. The van der Waals surface area contributed by atoms with Crippen LogP contribution in [-0.4, -0.2) is 23.9 Å². The summed E-state index contributed by atoms with van der Waals surface area (Å²) in [6, 6.07) is 8.50. The highest BCUT2D eigenvalue weighted by Gasteiger charge is 2.10. The van der Waals surface area contributed by atoms with E-state index in [9.17, 15) is 4.39 Å². The topological polar surface area (TPSA) is 48.0 Å². The lowest BCUT2D eigenvalue weighted by molar-refractivity contribution is 0.626. The average Bonchev–Trinajstić information content (AvgIpc) is 3.19. The van der Waals surface area contributed by atoms with Crippen LogP contribution in [0.25, 0.3) is 11.5 Å². The molecule has 0 amide bonds. The maximum atomic E-state index is 13.5. The van der Waals surface area contributed by atoms with Crippen molar-refractivity contribution in [2.24, 2.45) is 0 Å². The predicted octanol–water partition coefficient (Wildman–Crippen LogP) is 3.96. The van der Waals surface area contributed by atoms with E-state index in [2.05, 4.69) is 15.0 Å². The highest BCUT2D eigenvalue weighted by Crippen LogP contribution is 2.24. The van der Waals surface area contributed by atoms with Crippen LogP contribution < -0.4 is 0 Å². The van der Waals surface area contributed by atoms with Crippen LogP contribution >= 0.6 is 11.8 Å². The molecule has 4 aromatic rings. The SMILES string of the molecule is Cc1cc(C)n2cc(CSc3nccn3-c3cccc(F)c3)nc2n1. The minimum absolute atomic E-state index is 0.264. The first-order chi connectivity index (χ1) is 12.1. The van der Waals surface area contributed by atoms with Gasteiger partial charge in [0.1, 0.15) is 5.82 Å². The fourth-order valence-electron chi connectivity index (χ4n) is 2.75. The van der Waals surface area contributed by atoms with Crippen LogP contribution in [0.4, 0.5) is 4.39 Å². The van der Waals surface area contributed by atoms with Gasteiger partial charge in [0.2, 0.25) is 5.78 Å². The first kappa shape index (κ1) is 15.8. The highest BCUT2D eigenvalue weighted by atomic mass is 32.2. The third kappa shape index (κ3) is 3.15. The number of aromatic nitrogens is 5. The van der Waals surface area contributed by atoms with Crippen molar-refractivity contribution >= 4 is 17.5 Å². The van der Waals surface area contributed by atoms with Gasteiger partial charge in [0, 0.05) is 35.7 Å². The van der Waals surface area contributed by atoms with Crippen molar-refractivity contribution in [3.63, 3.8) is 0 Å². The van der Waals surface area contributed by atoms with Gasteiger partial charge in [-0.3, -0.25) is 8.97 Å². The van der Waals surface area contributed by atoms with Crippen LogP contribution in [-0.2, 0) is 5.75 Å². The summed E-state index contributed by atoms with van der Waals surface area (Å²) in [4.78, 5) is 13.4. The van der Waals surface area contributed by atoms with Crippen molar-refractivity contribution < 1.29 is 4.39 Å².